The summed E-state index contributed by atoms with van der Waals surface area (Å²) in [6.45, 7) is 0.301. The summed E-state index contributed by atoms with van der Waals surface area (Å²) in [7, 11) is 0. The Labute approximate surface area is 265 Å². The van der Waals surface area contributed by atoms with Crippen LogP contribution in [-0.4, -0.2) is 85.4 Å². The van der Waals surface area contributed by atoms with Crippen LogP contribution in [-0.2, 0) is 19.1 Å². The number of ether oxygens (including phenoxy) is 2. The van der Waals surface area contributed by atoms with Gasteiger partial charge in [-0.1, -0.05) is 28.4 Å². The molecule has 1 aliphatic carbocycles. The second-order valence-electron chi connectivity index (χ2n) is 10.8. The van der Waals surface area contributed by atoms with Crippen LogP contribution in [0.2, 0.25) is 10.0 Å². The van der Waals surface area contributed by atoms with Gasteiger partial charge in [-0.15, -0.1) is 5.10 Å². The van der Waals surface area contributed by atoms with Crippen molar-refractivity contribution in [2.24, 2.45) is 0 Å². The van der Waals surface area contributed by atoms with E-state index in [0.29, 0.717) is 19.3 Å². The first-order valence-electron chi connectivity index (χ1n) is 13.8. The molecule has 1 saturated heterocycles. The maximum Gasteiger partial charge on any atom is 0.303 e. The van der Waals surface area contributed by atoms with Crippen molar-refractivity contribution in [1.29, 1.82) is 5.26 Å². The minimum absolute atomic E-state index is 0.0479. The van der Waals surface area contributed by atoms with Gasteiger partial charge >= 0.3 is 5.97 Å². The molecule has 12 nitrogen and oxygen atoms in total. The topological polar surface area (TPSA) is 171 Å². The quantitative estimate of drug-likeness (QED) is 0.252. The van der Waals surface area contributed by atoms with Crippen LogP contribution < -0.4 is 4.90 Å². The molecule has 2 fully saturated rings. The van der Waals surface area contributed by atoms with Gasteiger partial charge in [0.05, 0.1) is 36.6 Å². The average molecular weight is 666 g/mol. The molecule has 0 bridgehead atoms. The summed E-state index contributed by atoms with van der Waals surface area (Å²) < 4.78 is 40.8. The molecule has 238 valence electrons. The fourth-order valence-electron chi connectivity index (χ4n) is 5.80. The van der Waals surface area contributed by atoms with Gasteiger partial charge in [0.2, 0.25) is 0 Å². The van der Waals surface area contributed by atoms with Crippen molar-refractivity contribution in [3.8, 4) is 17.3 Å². The monoisotopic (exact) mass is 665 g/mol. The third-order valence-corrected chi connectivity index (χ3v) is 8.39. The smallest absolute Gasteiger partial charge is 0.303 e. The highest BCUT2D eigenvalue weighted by atomic mass is 35.5. The van der Waals surface area contributed by atoms with E-state index in [-0.39, 0.29) is 27.5 Å². The molecular formula is C29H27Cl2F2N5O7. The zero-order valence-electron chi connectivity index (χ0n) is 23.6. The molecule has 0 spiro atoms. The van der Waals surface area contributed by atoms with Gasteiger partial charge < -0.3 is 29.7 Å². The SMILES string of the molecule is CC(=O)OC1C(C(=O)N(c2cc(Cl)cc(C#N)c2)[C@H]2CCC[C@@H]2O)OC(CO)C(O)C1n1cc(-c2cc(F)c(Cl)c(F)c2)nn1. The van der Waals surface area contributed by atoms with Gasteiger partial charge in [-0.05, 0) is 49.6 Å². The number of carbonyl (C=O) groups excluding carboxylic acids is 2. The summed E-state index contributed by atoms with van der Waals surface area (Å²) in [5.74, 6) is -3.78. The number of aromatic nitrogens is 3. The largest absolute Gasteiger partial charge is 0.457 e. The van der Waals surface area contributed by atoms with Gasteiger partial charge in [0, 0.05) is 23.2 Å². The highest BCUT2D eigenvalue weighted by molar-refractivity contribution is 6.31. The number of nitriles is 1. The Morgan fingerprint density at radius 1 is 1.18 bits per heavy atom. The normalized spacial score (nSPS) is 26.3. The van der Waals surface area contributed by atoms with E-state index in [0.717, 1.165) is 23.7 Å². The molecule has 2 aliphatic rings. The first-order valence-corrected chi connectivity index (χ1v) is 14.6. The third kappa shape index (κ3) is 6.51. The van der Waals surface area contributed by atoms with Crippen LogP contribution in [0.15, 0.2) is 36.5 Å². The molecule has 3 N–H and O–H groups in total. The molecule has 7 atom stereocenters. The highest BCUT2D eigenvalue weighted by Gasteiger charge is 2.53. The van der Waals surface area contributed by atoms with Crippen LogP contribution in [0.3, 0.4) is 0 Å². The fourth-order valence-corrected chi connectivity index (χ4v) is 6.14. The van der Waals surface area contributed by atoms with Crippen molar-refractivity contribution in [2.75, 3.05) is 11.5 Å². The predicted octanol–water partition coefficient (Wildman–Crippen LogP) is 2.94. The maximum atomic E-state index is 14.5. The minimum Gasteiger partial charge on any atom is -0.457 e. The molecule has 5 unspecified atom stereocenters. The van der Waals surface area contributed by atoms with E-state index in [2.05, 4.69) is 10.3 Å². The zero-order chi connectivity index (χ0) is 32.6. The van der Waals surface area contributed by atoms with E-state index >= 15 is 0 Å². The van der Waals surface area contributed by atoms with Crippen molar-refractivity contribution in [3.63, 3.8) is 0 Å². The molecule has 1 saturated carbocycles. The van der Waals surface area contributed by atoms with Gasteiger partial charge in [0.15, 0.2) is 12.2 Å². The predicted molar refractivity (Wildman–Crippen MR) is 154 cm³/mol. The molecular weight excluding hydrogens is 639 g/mol. The van der Waals surface area contributed by atoms with Crippen molar-refractivity contribution in [1.82, 2.24) is 15.0 Å². The Kier molecular flexibility index (Phi) is 9.68. The zero-order valence-corrected chi connectivity index (χ0v) is 25.1. The standard InChI is InChI=1S/C29H27Cl2F2N5O7/c1-13(40)44-27-25(37-11-20(35-36-37)15-7-18(32)24(31)19(33)8-15)26(42)23(12-39)45-28(27)29(43)38(21-3-2-4-22(21)41)17-6-14(10-34)5-16(30)9-17/h5-9,11,21-23,25-28,39,41-42H,2-4,12H2,1H3/t21-,22-,23?,25?,26?,27?,28?/m0/s1. The summed E-state index contributed by atoms with van der Waals surface area (Å²) in [6, 6.07) is 5.87. The van der Waals surface area contributed by atoms with Crippen LogP contribution in [0.1, 0.15) is 37.8 Å². The van der Waals surface area contributed by atoms with Crippen LogP contribution >= 0.6 is 23.2 Å². The lowest BCUT2D eigenvalue weighted by Crippen LogP contribution is -2.63. The molecule has 5 rings (SSSR count). The number of rotatable bonds is 7. The van der Waals surface area contributed by atoms with Gasteiger partial charge in [-0.3, -0.25) is 9.59 Å². The van der Waals surface area contributed by atoms with Crippen LogP contribution in [0, 0.1) is 23.0 Å². The second-order valence-corrected chi connectivity index (χ2v) is 11.6. The molecule has 1 amide bonds. The van der Waals surface area contributed by atoms with E-state index < -0.39 is 77.7 Å². The Morgan fingerprint density at radius 2 is 1.89 bits per heavy atom. The Balaban J connectivity index is 1.60. The number of esters is 1. The molecule has 3 aromatic rings. The molecule has 45 heavy (non-hydrogen) atoms. The van der Waals surface area contributed by atoms with Gasteiger partial charge in [0.1, 0.15) is 40.6 Å². The van der Waals surface area contributed by atoms with Gasteiger partial charge in [0.25, 0.3) is 5.91 Å². The number of aliphatic hydroxyl groups excluding tert-OH is 3. The molecule has 1 aliphatic heterocycles. The number of halogens is 4. The van der Waals surface area contributed by atoms with E-state index in [9.17, 15) is 39.0 Å². The van der Waals surface area contributed by atoms with E-state index in [4.69, 9.17) is 32.7 Å². The van der Waals surface area contributed by atoms with E-state index in [1.807, 2.05) is 6.07 Å². The van der Waals surface area contributed by atoms with E-state index in [1.165, 1.54) is 29.3 Å². The lowest BCUT2D eigenvalue weighted by Gasteiger charge is -2.45. The molecule has 2 aromatic carbocycles. The molecule has 0 radical (unpaired) electrons. The first kappa shape index (κ1) is 32.7. The number of hydrogen-bond acceptors (Lipinski definition) is 10. The summed E-state index contributed by atoms with van der Waals surface area (Å²) in [5, 5.41) is 49.1. The number of aliphatic hydroxyl groups is 3. The van der Waals surface area contributed by atoms with Crippen molar-refractivity contribution in [2.45, 2.75) is 68.8 Å². The van der Waals surface area contributed by atoms with E-state index in [1.54, 1.807) is 0 Å². The Morgan fingerprint density at radius 3 is 2.49 bits per heavy atom. The minimum atomic E-state index is -1.69. The number of benzene rings is 2. The number of nitrogens with zero attached hydrogens (tertiary/aromatic N) is 5. The number of carbonyl (C=O) groups is 2. The lowest BCUT2D eigenvalue weighted by molar-refractivity contribution is -0.216. The number of amides is 1. The fraction of sp³-hybridized carbons (Fsp3) is 0.414. The Bertz CT molecular complexity index is 1630. The van der Waals surface area contributed by atoms with Crippen LogP contribution in [0.4, 0.5) is 14.5 Å². The maximum absolute atomic E-state index is 14.5. The lowest BCUT2D eigenvalue weighted by atomic mass is 9.91. The summed E-state index contributed by atoms with van der Waals surface area (Å²) in [4.78, 5) is 28.1. The number of anilines is 1. The summed E-state index contributed by atoms with van der Waals surface area (Å²) >= 11 is 11.9. The van der Waals surface area contributed by atoms with Gasteiger partial charge in [-0.25, -0.2) is 13.5 Å². The van der Waals surface area contributed by atoms with Crippen molar-refractivity contribution < 1.29 is 43.2 Å². The van der Waals surface area contributed by atoms with Crippen molar-refractivity contribution >= 4 is 40.8 Å². The number of hydrogen-bond donors (Lipinski definition) is 3. The third-order valence-electron chi connectivity index (χ3n) is 7.81. The molecule has 1 aromatic heterocycles. The second kappa shape index (κ2) is 13.3. The first-order chi connectivity index (χ1) is 21.4. The molecule has 16 heteroatoms. The summed E-state index contributed by atoms with van der Waals surface area (Å²) in [5.41, 5.74) is 0.203. The van der Waals surface area contributed by atoms with Crippen LogP contribution in [0.25, 0.3) is 11.3 Å². The molecule has 2 heterocycles. The van der Waals surface area contributed by atoms with Crippen LogP contribution in [0.5, 0.6) is 0 Å². The van der Waals surface area contributed by atoms with Gasteiger partial charge in [-0.2, -0.15) is 5.26 Å². The highest BCUT2D eigenvalue weighted by Crippen LogP contribution is 2.38. The Hall–Kier alpha value is -3.71. The summed E-state index contributed by atoms with van der Waals surface area (Å²) in [6.07, 6.45) is -4.71. The van der Waals surface area contributed by atoms with Crippen molar-refractivity contribution in [3.05, 3.63) is 63.8 Å². The average Bonchev–Trinajstić information content (AvgIpc) is 3.65.